The summed E-state index contributed by atoms with van der Waals surface area (Å²) in [4.78, 5) is 16.4. The molecule has 0 fully saturated rings. The molecule has 0 saturated carbocycles. The number of nitrogens with zero attached hydrogens (tertiary/aromatic N) is 5. The fourth-order valence-corrected chi connectivity index (χ4v) is 4.27. The molecule has 0 atom stereocenters. The summed E-state index contributed by atoms with van der Waals surface area (Å²) in [5, 5.41) is 14.3. The molecule has 1 N–H and O–H groups in total. The molecule has 7 heteroatoms. The normalized spacial score (nSPS) is 11.7. The zero-order valence-electron chi connectivity index (χ0n) is 17.5. The van der Waals surface area contributed by atoms with Gasteiger partial charge in [-0.25, -0.2) is 4.52 Å². The van der Waals surface area contributed by atoms with Gasteiger partial charge in [0.05, 0.1) is 6.20 Å². The zero-order chi connectivity index (χ0) is 21.7. The van der Waals surface area contributed by atoms with Crippen molar-refractivity contribution in [2.75, 3.05) is 0 Å². The highest BCUT2D eigenvalue weighted by Crippen LogP contribution is 2.24. The Bertz CT molecular complexity index is 1660. The van der Waals surface area contributed by atoms with Gasteiger partial charge in [-0.15, -0.1) is 10.2 Å². The second-order valence-corrected chi connectivity index (χ2v) is 8.02. The van der Waals surface area contributed by atoms with Crippen LogP contribution < -0.4 is 5.56 Å². The highest BCUT2D eigenvalue weighted by molar-refractivity contribution is 5.84. The third-order valence-electron chi connectivity index (χ3n) is 5.96. The Morgan fingerprint density at radius 1 is 1.03 bits per heavy atom. The molecule has 32 heavy (non-hydrogen) atoms. The first kappa shape index (κ1) is 18.5. The van der Waals surface area contributed by atoms with Crippen molar-refractivity contribution in [1.82, 2.24) is 29.4 Å². The van der Waals surface area contributed by atoms with Crippen LogP contribution in [-0.2, 0) is 13.0 Å². The van der Waals surface area contributed by atoms with E-state index in [1.54, 1.807) is 15.3 Å². The van der Waals surface area contributed by atoms with Crippen molar-refractivity contribution >= 4 is 27.6 Å². The van der Waals surface area contributed by atoms with Crippen molar-refractivity contribution in [2.45, 2.75) is 19.9 Å². The summed E-state index contributed by atoms with van der Waals surface area (Å²) < 4.78 is 3.39. The van der Waals surface area contributed by atoms with Crippen LogP contribution in [0.3, 0.4) is 0 Å². The van der Waals surface area contributed by atoms with E-state index in [-0.39, 0.29) is 5.56 Å². The molecule has 2 aromatic carbocycles. The molecular weight excluding hydrogens is 400 g/mol. The predicted molar refractivity (Wildman–Crippen MR) is 125 cm³/mol. The van der Waals surface area contributed by atoms with Crippen LogP contribution in [-0.4, -0.2) is 29.4 Å². The molecule has 156 valence electrons. The molecule has 7 nitrogen and oxygen atoms in total. The van der Waals surface area contributed by atoms with Gasteiger partial charge in [0.15, 0.2) is 11.2 Å². The Hall–Kier alpha value is -4.26. The van der Waals surface area contributed by atoms with Gasteiger partial charge in [0, 0.05) is 35.4 Å². The Balaban J connectivity index is 1.37. The second-order valence-electron chi connectivity index (χ2n) is 8.02. The van der Waals surface area contributed by atoms with Crippen LogP contribution in [0, 0.1) is 6.92 Å². The van der Waals surface area contributed by atoms with Gasteiger partial charge >= 0.3 is 0 Å². The monoisotopic (exact) mass is 420 g/mol. The molecule has 0 saturated heterocycles. The van der Waals surface area contributed by atoms with Gasteiger partial charge < -0.3 is 9.55 Å². The van der Waals surface area contributed by atoms with Crippen LogP contribution in [0.5, 0.6) is 0 Å². The molecule has 0 aliphatic carbocycles. The van der Waals surface area contributed by atoms with Gasteiger partial charge in [-0.3, -0.25) is 4.79 Å². The Morgan fingerprint density at radius 2 is 1.91 bits per heavy atom. The third-order valence-corrected chi connectivity index (χ3v) is 5.96. The summed E-state index contributed by atoms with van der Waals surface area (Å²) in [6.07, 6.45) is 6.35. The zero-order valence-corrected chi connectivity index (χ0v) is 17.5. The van der Waals surface area contributed by atoms with Crippen molar-refractivity contribution in [1.29, 1.82) is 0 Å². The molecule has 0 spiro atoms. The van der Waals surface area contributed by atoms with E-state index in [4.69, 9.17) is 0 Å². The first-order valence-corrected chi connectivity index (χ1v) is 10.5. The first-order valence-electron chi connectivity index (χ1n) is 10.5. The van der Waals surface area contributed by atoms with Gasteiger partial charge in [0.1, 0.15) is 5.52 Å². The summed E-state index contributed by atoms with van der Waals surface area (Å²) in [7, 11) is 0. The average molecular weight is 420 g/mol. The van der Waals surface area contributed by atoms with Crippen molar-refractivity contribution in [3.8, 4) is 11.1 Å². The summed E-state index contributed by atoms with van der Waals surface area (Å²) in [5.41, 5.74) is 6.86. The summed E-state index contributed by atoms with van der Waals surface area (Å²) in [5.74, 6) is 0. The molecule has 4 heterocycles. The number of aryl methyl sites for hydroxylation is 3. The maximum Gasteiger partial charge on any atom is 0.280 e. The minimum absolute atomic E-state index is 0.162. The summed E-state index contributed by atoms with van der Waals surface area (Å²) >= 11 is 0. The number of rotatable bonds is 4. The summed E-state index contributed by atoms with van der Waals surface area (Å²) in [6.45, 7) is 2.64. The van der Waals surface area contributed by atoms with E-state index in [2.05, 4.69) is 45.4 Å². The molecule has 4 aromatic heterocycles. The standard InChI is InChI=1S/C25H20N6O/c1-16-7-8-21-19(13-16)18(14-26-21)9-11-30-12-10-22-23(25(30)32)28-29-24-20(15-27-31(22)24)17-5-3-2-4-6-17/h2-8,10,12-15,26H,9,11H2,1H3. The molecule has 6 aromatic rings. The van der Waals surface area contributed by atoms with Gasteiger partial charge in [0.25, 0.3) is 5.56 Å². The van der Waals surface area contributed by atoms with Gasteiger partial charge in [-0.2, -0.15) is 5.10 Å². The third kappa shape index (κ3) is 2.90. The lowest BCUT2D eigenvalue weighted by atomic mass is 10.1. The molecule has 0 aliphatic rings. The SMILES string of the molecule is Cc1ccc2[nH]cc(CCn3ccc4c(nnc5c(-c6ccccc6)cnn54)c3=O)c2c1. The molecular formula is C25H20N6O. The van der Waals surface area contributed by atoms with E-state index in [9.17, 15) is 4.79 Å². The van der Waals surface area contributed by atoms with Crippen LogP contribution in [0.25, 0.3) is 38.7 Å². The van der Waals surface area contributed by atoms with Crippen LogP contribution >= 0.6 is 0 Å². The Labute approximate surface area is 183 Å². The number of pyridine rings is 1. The molecule has 0 bridgehead atoms. The number of fused-ring (bicyclic) bond motifs is 4. The highest BCUT2D eigenvalue weighted by atomic mass is 16.1. The lowest BCUT2D eigenvalue weighted by molar-refractivity contribution is 0.674. The van der Waals surface area contributed by atoms with E-state index < -0.39 is 0 Å². The number of hydrogen-bond acceptors (Lipinski definition) is 4. The van der Waals surface area contributed by atoms with E-state index in [0.717, 1.165) is 23.1 Å². The number of benzene rings is 2. The van der Waals surface area contributed by atoms with Crippen LogP contribution in [0.4, 0.5) is 0 Å². The van der Waals surface area contributed by atoms with Gasteiger partial charge in [-0.05, 0) is 42.7 Å². The fraction of sp³-hybridized carbons (Fsp3) is 0.120. The topological polar surface area (TPSA) is 80.9 Å². The Kier molecular flexibility index (Phi) is 4.14. The fourth-order valence-electron chi connectivity index (χ4n) is 4.27. The Morgan fingerprint density at radius 3 is 2.78 bits per heavy atom. The molecule has 0 aliphatic heterocycles. The van der Waals surface area contributed by atoms with Gasteiger partial charge in [0.2, 0.25) is 0 Å². The maximum absolute atomic E-state index is 13.1. The molecule has 0 amide bonds. The average Bonchev–Trinajstić information content (AvgIpc) is 3.43. The lowest BCUT2D eigenvalue weighted by Gasteiger charge is -2.07. The molecule has 0 radical (unpaired) electrons. The largest absolute Gasteiger partial charge is 0.361 e. The first-order chi connectivity index (χ1) is 15.7. The van der Waals surface area contributed by atoms with Crippen molar-refractivity contribution < 1.29 is 0 Å². The van der Waals surface area contributed by atoms with E-state index in [1.807, 2.05) is 48.8 Å². The van der Waals surface area contributed by atoms with E-state index in [1.165, 1.54) is 16.5 Å². The van der Waals surface area contributed by atoms with Crippen LogP contribution in [0.15, 0.2) is 78.0 Å². The predicted octanol–water partition coefficient (Wildman–Crippen LogP) is 4.14. The lowest BCUT2D eigenvalue weighted by Crippen LogP contribution is -2.22. The molecule has 6 rings (SSSR count). The van der Waals surface area contributed by atoms with E-state index >= 15 is 0 Å². The quantitative estimate of drug-likeness (QED) is 0.465. The number of aromatic amines is 1. The smallest absolute Gasteiger partial charge is 0.280 e. The maximum atomic E-state index is 13.1. The minimum atomic E-state index is -0.162. The molecule has 0 unspecified atom stereocenters. The van der Waals surface area contributed by atoms with Crippen LogP contribution in [0.2, 0.25) is 0 Å². The van der Waals surface area contributed by atoms with Crippen molar-refractivity contribution in [3.05, 3.63) is 94.7 Å². The van der Waals surface area contributed by atoms with Crippen molar-refractivity contribution in [2.24, 2.45) is 0 Å². The van der Waals surface area contributed by atoms with Crippen LogP contribution in [0.1, 0.15) is 11.1 Å². The highest BCUT2D eigenvalue weighted by Gasteiger charge is 2.14. The second kappa shape index (κ2) is 7.16. The summed E-state index contributed by atoms with van der Waals surface area (Å²) in [6, 6.07) is 18.2. The number of H-pyrrole nitrogens is 1. The minimum Gasteiger partial charge on any atom is -0.361 e. The van der Waals surface area contributed by atoms with Gasteiger partial charge in [-0.1, -0.05) is 42.0 Å². The van der Waals surface area contributed by atoms with E-state index in [0.29, 0.717) is 23.2 Å². The van der Waals surface area contributed by atoms with Crippen molar-refractivity contribution in [3.63, 3.8) is 0 Å². The number of aromatic nitrogens is 6. The number of hydrogen-bond donors (Lipinski definition) is 1. The number of nitrogens with one attached hydrogen (secondary N) is 1.